The smallest absolute Gasteiger partial charge is 0.347 e. The molecule has 5 heteroatoms. The molecule has 1 rings (SSSR count). The minimum atomic E-state index is -0.986. The number of aromatic nitrogens is 1. The monoisotopic (exact) mass is 210 g/mol. The quantitative estimate of drug-likeness (QED) is 0.809. The molecule has 0 aromatic carbocycles. The van der Waals surface area contributed by atoms with Crippen molar-refractivity contribution in [3.8, 4) is 6.07 Å². The number of nitrogens with zero attached hydrogens (tertiary/aromatic N) is 2. The van der Waals surface area contributed by atoms with Crippen molar-refractivity contribution in [3.05, 3.63) is 15.6 Å². The lowest BCUT2D eigenvalue weighted by Crippen LogP contribution is -2.13. The Bertz CT molecular complexity index is 415. The molecule has 0 aliphatic carbocycles. The fraction of sp³-hybridized carbons (Fsp3) is 0.444. The SMILES string of the molecule is Cc1nc(C(C)(C)C#N)sc1C(=O)O. The first kappa shape index (κ1) is 10.7. The van der Waals surface area contributed by atoms with Crippen LogP contribution in [0, 0.1) is 18.3 Å². The van der Waals surface area contributed by atoms with Crippen LogP contribution in [-0.2, 0) is 5.41 Å². The van der Waals surface area contributed by atoms with Crippen LogP contribution in [0.3, 0.4) is 0 Å². The van der Waals surface area contributed by atoms with Gasteiger partial charge in [-0.3, -0.25) is 0 Å². The third kappa shape index (κ3) is 1.75. The molecule has 1 aromatic heterocycles. The van der Waals surface area contributed by atoms with E-state index in [9.17, 15) is 4.79 Å². The van der Waals surface area contributed by atoms with E-state index in [0.29, 0.717) is 10.7 Å². The molecule has 1 N–H and O–H groups in total. The van der Waals surface area contributed by atoms with Gasteiger partial charge >= 0.3 is 5.97 Å². The van der Waals surface area contributed by atoms with Gasteiger partial charge in [0.15, 0.2) is 0 Å². The number of nitriles is 1. The van der Waals surface area contributed by atoms with Crippen LogP contribution in [-0.4, -0.2) is 16.1 Å². The fourth-order valence-corrected chi connectivity index (χ4v) is 1.87. The Balaban J connectivity index is 3.23. The Morgan fingerprint density at radius 3 is 2.57 bits per heavy atom. The second-order valence-corrected chi connectivity index (χ2v) is 4.47. The standard InChI is InChI=1S/C9H10N2O2S/c1-5-6(7(12)13)14-8(11-5)9(2,3)4-10/h1-3H3,(H,12,13). The third-order valence-corrected chi connectivity index (χ3v) is 3.27. The minimum absolute atomic E-state index is 0.211. The van der Waals surface area contributed by atoms with E-state index in [1.165, 1.54) is 0 Å². The average molecular weight is 210 g/mol. The van der Waals surface area contributed by atoms with Gasteiger partial charge in [-0.05, 0) is 20.8 Å². The molecule has 0 bridgehead atoms. The molecule has 0 aliphatic heterocycles. The van der Waals surface area contributed by atoms with Crippen LogP contribution in [0.25, 0.3) is 0 Å². The van der Waals surface area contributed by atoms with E-state index in [2.05, 4.69) is 11.1 Å². The predicted molar refractivity (Wildman–Crippen MR) is 52.4 cm³/mol. The molecule has 0 unspecified atom stereocenters. The van der Waals surface area contributed by atoms with Gasteiger partial charge in [0.2, 0.25) is 0 Å². The number of carbonyl (C=O) groups is 1. The fourth-order valence-electron chi connectivity index (χ4n) is 0.910. The summed E-state index contributed by atoms with van der Waals surface area (Å²) in [5.74, 6) is -0.986. The first-order valence-corrected chi connectivity index (χ1v) is 4.82. The lowest BCUT2D eigenvalue weighted by molar-refractivity contribution is 0.0701. The number of aryl methyl sites for hydroxylation is 1. The van der Waals surface area contributed by atoms with Gasteiger partial charge < -0.3 is 5.11 Å². The summed E-state index contributed by atoms with van der Waals surface area (Å²) in [6.45, 7) is 5.07. The normalized spacial score (nSPS) is 11.0. The molecule has 14 heavy (non-hydrogen) atoms. The first-order chi connectivity index (χ1) is 6.38. The van der Waals surface area contributed by atoms with E-state index in [4.69, 9.17) is 10.4 Å². The second kappa shape index (κ2) is 3.39. The van der Waals surface area contributed by atoms with Gasteiger partial charge in [-0.25, -0.2) is 9.78 Å². The molecular weight excluding hydrogens is 200 g/mol. The van der Waals surface area contributed by atoms with Crippen molar-refractivity contribution in [1.82, 2.24) is 4.98 Å². The van der Waals surface area contributed by atoms with Gasteiger partial charge in [0.05, 0.1) is 11.8 Å². The van der Waals surface area contributed by atoms with Gasteiger partial charge in [0.25, 0.3) is 0 Å². The van der Waals surface area contributed by atoms with Crippen molar-refractivity contribution in [1.29, 1.82) is 5.26 Å². The van der Waals surface area contributed by atoms with Gasteiger partial charge in [0, 0.05) is 0 Å². The summed E-state index contributed by atoms with van der Waals surface area (Å²) in [4.78, 5) is 15.0. The summed E-state index contributed by atoms with van der Waals surface area (Å²) in [6.07, 6.45) is 0. The molecule has 0 spiro atoms. The Kier molecular flexibility index (Phi) is 2.58. The number of hydrogen-bond acceptors (Lipinski definition) is 4. The minimum Gasteiger partial charge on any atom is -0.477 e. The highest BCUT2D eigenvalue weighted by Gasteiger charge is 2.26. The van der Waals surface area contributed by atoms with E-state index in [0.717, 1.165) is 11.3 Å². The highest BCUT2D eigenvalue weighted by atomic mass is 32.1. The molecule has 0 fully saturated rings. The first-order valence-electron chi connectivity index (χ1n) is 4.01. The molecule has 1 aromatic rings. The van der Waals surface area contributed by atoms with Crippen molar-refractivity contribution in [2.24, 2.45) is 0 Å². The van der Waals surface area contributed by atoms with Crippen LogP contribution in [0.5, 0.6) is 0 Å². The molecule has 0 amide bonds. The second-order valence-electron chi connectivity index (χ2n) is 3.48. The van der Waals surface area contributed by atoms with Crippen LogP contribution in [0.15, 0.2) is 0 Å². The highest BCUT2D eigenvalue weighted by Crippen LogP contribution is 2.28. The van der Waals surface area contributed by atoms with Gasteiger partial charge in [0.1, 0.15) is 15.3 Å². The molecule has 0 saturated carbocycles. The number of rotatable bonds is 2. The largest absolute Gasteiger partial charge is 0.477 e. The van der Waals surface area contributed by atoms with Gasteiger partial charge in [-0.2, -0.15) is 5.26 Å². The lowest BCUT2D eigenvalue weighted by atomic mass is 9.97. The van der Waals surface area contributed by atoms with Crippen molar-refractivity contribution in [2.75, 3.05) is 0 Å². The third-order valence-electron chi connectivity index (χ3n) is 1.81. The average Bonchev–Trinajstić information content (AvgIpc) is 2.48. The number of carboxylic acids is 1. The van der Waals surface area contributed by atoms with Crippen LogP contribution in [0.2, 0.25) is 0 Å². The predicted octanol–water partition coefficient (Wildman–Crippen LogP) is 1.95. The van der Waals surface area contributed by atoms with E-state index in [1.807, 2.05) is 0 Å². The maximum Gasteiger partial charge on any atom is 0.347 e. The van der Waals surface area contributed by atoms with E-state index < -0.39 is 11.4 Å². The Morgan fingerprint density at radius 1 is 1.64 bits per heavy atom. The number of aromatic carboxylic acids is 1. The molecule has 4 nitrogen and oxygen atoms in total. The summed E-state index contributed by atoms with van der Waals surface area (Å²) < 4.78 is 0. The zero-order valence-corrected chi connectivity index (χ0v) is 8.97. The Hall–Kier alpha value is -1.41. The summed E-state index contributed by atoms with van der Waals surface area (Å²) in [7, 11) is 0. The zero-order valence-electron chi connectivity index (χ0n) is 8.16. The van der Waals surface area contributed by atoms with E-state index in [1.54, 1.807) is 20.8 Å². The lowest BCUT2D eigenvalue weighted by Gasteiger charge is -2.09. The summed E-state index contributed by atoms with van der Waals surface area (Å²) >= 11 is 1.07. The van der Waals surface area contributed by atoms with Gasteiger partial charge in [-0.1, -0.05) is 0 Å². The van der Waals surface area contributed by atoms with Crippen molar-refractivity contribution < 1.29 is 9.90 Å². The highest BCUT2D eigenvalue weighted by molar-refractivity contribution is 7.13. The van der Waals surface area contributed by atoms with Gasteiger partial charge in [-0.15, -0.1) is 11.3 Å². The molecule has 0 atom stereocenters. The molecule has 1 heterocycles. The molecular formula is C9H10N2O2S. The molecule has 0 aliphatic rings. The molecule has 74 valence electrons. The topological polar surface area (TPSA) is 74.0 Å². The summed E-state index contributed by atoms with van der Waals surface area (Å²) in [5, 5.41) is 18.2. The van der Waals surface area contributed by atoms with Crippen LogP contribution < -0.4 is 0 Å². The summed E-state index contributed by atoms with van der Waals surface area (Å²) in [6, 6.07) is 2.09. The van der Waals surface area contributed by atoms with E-state index in [-0.39, 0.29) is 4.88 Å². The van der Waals surface area contributed by atoms with Crippen molar-refractivity contribution in [2.45, 2.75) is 26.2 Å². The Labute approximate surface area is 85.8 Å². The maximum atomic E-state index is 10.7. The number of thiazole rings is 1. The number of carboxylic acid groups (broad SMARTS) is 1. The van der Waals surface area contributed by atoms with Crippen molar-refractivity contribution >= 4 is 17.3 Å². The molecule has 0 saturated heterocycles. The van der Waals surface area contributed by atoms with Crippen molar-refractivity contribution in [3.63, 3.8) is 0 Å². The maximum absolute atomic E-state index is 10.7. The van der Waals surface area contributed by atoms with Crippen LogP contribution >= 0.6 is 11.3 Å². The summed E-state index contributed by atoms with van der Waals surface area (Å²) in [5.41, 5.74) is -0.246. The Morgan fingerprint density at radius 2 is 2.21 bits per heavy atom. The molecule has 0 radical (unpaired) electrons. The zero-order chi connectivity index (χ0) is 10.9. The number of hydrogen-bond donors (Lipinski definition) is 1. The van der Waals surface area contributed by atoms with Crippen LogP contribution in [0.1, 0.15) is 34.2 Å². The van der Waals surface area contributed by atoms with E-state index >= 15 is 0 Å². The van der Waals surface area contributed by atoms with Crippen LogP contribution in [0.4, 0.5) is 0 Å².